The third-order valence-electron chi connectivity index (χ3n) is 5.20. The monoisotopic (exact) mass is 376 g/mol. The van der Waals surface area contributed by atoms with Gasteiger partial charge in [0.1, 0.15) is 6.04 Å². The molecule has 1 saturated heterocycles. The van der Waals surface area contributed by atoms with Crippen LogP contribution in [0, 0.1) is 5.92 Å². The van der Waals surface area contributed by atoms with E-state index < -0.39 is 17.9 Å². The van der Waals surface area contributed by atoms with E-state index in [1.807, 2.05) is 0 Å². The van der Waals surface area contributed by atoms with Gasteiger partial charge in [0.15, 0.2) is 0 Å². The van der Waals surface area contributed by atoms with E-state index in [4.69, 9.17) is 5.11 Å². The number of carbonyl (C=O) groups excluding carboxylic acids is 2. The van der Waals surface area contributed by atoms with Crippen LogP contribution >= 0.6 is 11.8 Å². The molecule has 26 heavy (non-hydrogen) atoms. The number of carbonyl (C=O) groups is 3. The van der Waals surface area contributed by atoms with Gasteiger partial charge in [-0.3, -0.25) is 14.4 Å². The van der Waals surface area contributed by atoms with Crippen LogP contribution in [0.4, 0.5) is 5.69 Å². The molecule has 0 bridgehead atoms. The van der Waals surface area contributed by atoms with Crippen LogP contribution in [0.5, 0.6) is 0 Å². The molecular weight excluding hydrogens is 352 g/mol. The van der Waals surface area contributed by atoms with Gasteiger partial charge < -0.3 is 15.3 Å². The summed E-state index contributed by atoms with van der Waals surface area (Å²) in [5.74, 6) is -0.451. The SMILES string of the molecule is CC(C(=O)O)c1cccc(NC(=O)C2CSCN2C(=O)C2CCCC2)c1. The second-order valence-electron chi connectivity index (χ2n) is 6.98. The van der Waals surface area contributed by atoms with Crippen molar-refractivity contribution in [1.82, 2.24) is 4.90 Å². The average Bonchev–Trinajstić information content (AvgIpc) is 3.32. The maximum atomic E-state index is 12.7. The maximum Gasteiger partial charge on any atom is 0.310 e. The summed E-state index contributed by atoms with van der Waals surface area (Å²) in [7, 11) is 0. The lowest BCUT2D eigenvalue weighted by Gasteiger charge is -2.26. The first kappa shape index (κ1) is 18.8. The van der Waals surface area contributed by atoms with Gasteiger partial charge in [-0.15, -0.1) is 11.8 Å². The van der Waals surface area contributed by atoms with Crippen molar-refractivity contribution in [3.05, 3.63) is 29.8 Å². The van der Waals surface area contributed by atoms with Gasteiger partial charge in [0.25, 0.3) is 0 Å². The zero-order valence-corrected chi connectivity index (χ0v) is 15.6. The molecule has 1 aliphatic heterocycles. The molecule has 0 spiro atoms. The Labute approximate surface area is 157 Å². The summed E-state index contributed by atoms with van der Waals surface area (Å²) >= 11 is 1.59. The minimum atomic E-state index is -0.908. The van der Waals surface area contributed by atoms with Gasteiger partial charge in [-0.25, -0.2) is 0 Å². The fourth-order valence-corrected chi connectivity index (χ4v) is 4.70. The molecule has 7 heteroatoms. The highest BCUT2D eigenvalue weighted by Crippen LogP contribution is 2.31. The largest absolute Gasteiger partial charge is 0.481 e. The van der Waals surface area contributed by atoms with Crippen LogP contribution in [0.15, 0.2) is 24.3 Å². The summed E-state index contributed by atoms with van der Waals surface area (Å²) < 4.78 is 0. The quantitative estimate of drug-likeness (QED) is 0.825. The van der Waals surface area contributed by atoms with Gasteiger partial charge in [0, 0.05) is 17.4 Å². The molecule has 1 heterocycles. The van der Waals surface area contributed by atoms with Gasteiger partial charge in [-0.05, 0) is 37.5 Å². The molecule has 2 amide bonds. The molecule has 1 aromatic carbocycles. The van der Waals surface area contributed by atoms with Gasteiger partial charge in [-0.1, -0.05) is 25.0 Å². The van der Waals surface area contributed by atoms with Crippen LogP contribution in [0.1, 0.15) is 44.1 Å². The minimum Gasteiger partial charge on any atom is -0.481 e. The minimum absolute atomic E-state index is 0.0590. The third kappa shape index (κ3) is 4.03. The zero-order chi connectivity index (χ0) is 18.7. The summed E-state index contributed by atoms with van der Waals surface area (Å²) in [6, 6.07) is 6.42. The van der Waals surface area contributed by atoms with Crippen molar-refractivity contribution in [3.63, 3.8) is 0 Å². The number of carboxylic acid groups (broad SMARTS) is 1. The van der Waals surface area contributed by atoms with E-state index in [2.05, 4.69) is 5.32 Å². The number of hydrogen-bond acceptors (Lipinski definition) is 4. The molecule has 2 aliphatic rings. The first-order valence-electron chi connectivity index (χ1n) is 8.99. The average molecular weight is 376 g/mol. The molecule has 1 saturated carbocycles. The number of nitrogens with zero attached hydrogens (tertiary/aromatic N) is 1. The van der Waals surface area contributed by atoms with Crippen molar-refractivity contribution < 1.29 is 19.5 Å². The summed E-state index contributed by atoms with van der Waals surface area (Å²) in [5, 5.41) is 12.0. The Bertz CT molecular complexity index is 703. The topological polar surface area (TPSA) is 86.7 Å². The third-order valence-corrected chi connectivity index (χ3v) is 6.21. The normalized spacial score (nSPS) is 21.6. The molecule has 0 aromatic heterocycles. The van der Waals surface area contributed by atoms with Gasteiger partial charge >= 0.3 is 5.97 Å². The van der Waals surface area contributed by atoms with Crippen LogP contribution in [0.25, 0.3) is 0 Å². The predicted octanol–water partition coefficient (Wildman–Crippen LogP) is 2.90. The van der Waals surface area contributed by atoms with Crippen molar-refractivity contribution in [2.24, 2.45) is 5.92 Å². The van der Waals surface area contributed by atoms with E-state index in [-0.39, 0.29) is 17.7 Å². The Hall–Kier alpha value is -2.02. The zero-order valence-electron chi connectivity index (χ0n) is 14.8. The van der Waals surface area contributed by atoms with Crippen LogP contribution in [-0.2, 0) is 14.4 Å². The summed E-state index contributed by atoms with van der Waals surface area (Å²) in [6.07, 6.45) is 4.01. The van der Waals surface area contributed by atoms with Crippen LogP contribution < -0.4 is 5.32 Å². The van der Waals surface area contributed by atoms with Crippen molar-refractivity contribution in [2.75, 3.05) is 16.9 Å². The van der Waals surface area contributed by atoms with Crippen molar-refractivity contribution >= 4 is 35.2 Å². The molecule has 0 radical (unpaired) electrons. The number of anilines is 1. The predicted molar refractivity (Wildman–Crippen MR) is 101 cm³/mol. The first-order valence-corrected chi connectivity index (χ1v) is 10.1. The first-order chi connectivity index (χ1) is 12.5. The summed E-state index contributed by atoms with van der Waals surface area (Å²) in [6.45, 7) is 1.61. The number of carboxylic acids is 1. The number of benzene rings is 1. The standard InChI is InChI=1S/C19H24N2O4S/c1-12(19(24)25)14-7-4-8-15(9-14)20-17(22)16-10-26-11-21(16)18(23)13-5-2-3-6-13/h4,7-9,12-13,16H,2-3,5-6,10-11H2,1H3,(H,20,22)(H,24,25). The number of amides is 2. The Kier molecular flexibility index (Phi) is 5.86. The van der Waals surface area contributed by atoms with E-state index in [0.29, 0.717) is 22.9 Å². The molecule has 2 N–H and O–H groups in total. The van der Waals surface area contributed by atoms with Gasteiger partial charge in [-0.2, -0.15) is 0 Å². The smallest absolute Gasteiger partial charge is 0.310 e. The second kappa shape index (κ2) is 8.12. The fourth-order valence-electron chi connectivity index (χ4n) is 3.54. The van der Waals surface area contributed by atoms with Crippen LogP contribution in [-0.4, -0.2) is 45.5 Å². The molecule has 140 valence electrons. The van der Waals surface area contributed by atoms with E-state index in [1.54, 1.807) is 47.9 Å². The molecule has 6 nitrogen and oxygen atoms in total. The number of aliphatic carboxylic acids is 1. The second-order valence-corrected chi connectivity index (χ2v) is 7.98. The molecule has 1 aliphatic carbocycles. The summed E-state index contributed by atoms with van der Waals surface area (Å²) in [5.41, 5.74) is 1.20. The Morgan fingerprint density at radius 1 is 1.27 bits per heavy atom. The molecular formula is C19H24N2O4S. The van der Waals surface area contributed by atoms with E-state index in [1.165, 1.54) is 0 Å². The lowest BCUT2D eigenvalue weighted by molar-refractivity contribution is -0.139. The van der Waals surface area contributed by atoms with Crippen LogP contribution in [0.3, 0.4) is 0 Å². The van der Waals surface area contributed by atoms with Gasteiger partial charge in [0.2, 0.25) is 11.8 Å². The lowest BCUT2D eigenvalue weighted by Crippen LogP contribution is -2.46. The molecule has 2 atom stereocenters. The van der Waals surface area contributed by atoms with Crippen molar-refractivity contribution in [1.29, 1.82) is 0 Å². The summed E-state index contributed by atoms with van der Waals surface area (Å²) in [4.78, 5) is 38.3. The van der Waals surface area contributed by atoms with Crippen molar-refractivity contribution in [2.45, 2.75) is 44.6 Å². The Morgan fingerprint density at radius 2 is 2.00 bits per heavy atom. The number of thioether (sulfide) groups is 1. The highest BCUT2D eigenvalue weighted by molar-refractivity contribution is 7.99. The molecule has 2 fully saturated rings. The maximum absolute atomic E-state index is 12.7. The van der Waals surface area contributed by atoms with Crippen molar-refractivity contribution in [3.8, 4) is 0 Å². The molecule has 2 unspecified atom stereocenters. The number of hydrogen-bond donors (Lipinski definition) is 2. The van der Waals surface area contributed by atoms with Gasteiger partial charge in [0.05, 0.1) is 11.8 Å². The molecule has 1 aromatic rings. The molecule has 3 rings (SSSR count). The fraction of sp³-hybridized carbons (Fsp3) is 0.526. The van der Waals surface area contributed by atoms with E-state index >= 15 is 0 Å². The van der Waals surface area contributed by atoms with E-state index in [0.717, 1.165) is 25.7 Å². The Morgan fingerprint density at radius 3 is 2.69 bits per heavy atom. The highest BCUT2D eigenvalue weighted by atomic mass is 32.2. The van der Waals surface area contributed by atoms with E-state index in [9.17, 15) is 14.4 Å². The highest BCUT2D eigenvalue weighted by Gasteiger charge is 2.38. The number of rotatable bonds is 5. The van der Waals surface area contributed by atoms with Crippen LogP contribution in [0.2, 0.25) is 0 Å². The number of nitrogens with one attached hydrogen (secondary N) is 1. The lowest BCUT2D eigenvalue weighted by atomic mass is 10.0. The Balaban J connectivity index is 1.68.